The van der Waals surface area contributed by atoms with Crippen LogP contribution in [0.1, 0.15) is 6.92 Å². The highest BCUT2D eigenvalue weighted by atomic mass is 35.7. The molecule has 0 radical (unpaired) electrons. The van der Waals surface area contributed by atoms with Gasteiger partial charge in [0.15, 0.2) is 0 Å². The molecule has 0 aliphatic rings. The maximum Gasteiger partial charge on any atom is 0.358 e. The molecule has 0 bridgehead atoms. The van der Waals surface area contributed by atoms with Gasteiger partial charge in [0.05, 0.1) is 14.1 Å². The summed E-state index contributed by atoms with van der Waals surface area (Å²) in [6.45, 7) is 2.13. The minimum atomic E-state index is -4.94. The zero-order valence-corrected chi connectivity index (χ0v) is 14.5. The number of amidine groups is 1. The molecular formula is C10H23ClN4O4S. The Bertz CT molecular complexity index is 323. The van der Waals surface area contributed by atoms with Gasteiger partial charge in [0, 0.05) is 38.9 Å². The van der Waals surface area contributed by atoms with Crippen LogP contribution in [0.3, 0.4) is 0 Å². The fourth-order valence-corrected chi connectivity index (χ4v) is 1.74. The lowest BCUT2D eigenvalue weighted by molar-refractivity contribution is -2.00. The Kier molecular flexibility index (Phi) is 11.1. The van der Waals surface area contributed by atoms with Gasteiger partial charge in [0.25, 0.3) is 0 Å². The van der Waals surface area contributed by atoms with Crippen LogP contribution in [0.2, 0.25) is 0 Å². The van der Waals surface area contributed by atoms with E-state index in [9.17, 15) is 0 Å². The first kappa shape index (κ1) is 21.7. The van der Waals surface area contributed by atoms with Crippen molar-refractivity contribution in [1.29, 1.82) is 0 Å². The first-order valence-electron chi connectivity index (χ1n) is 5.62. The Morgan fingerprint density at radius 2 is 1.40 bits per heavy atom. The van der Waals surface area contributed by atoms with E-state index in [-0.39, 0.29) is 0 Å². The highest BCUT2D eigenvalue weighted by molar-refractivity contribution is 8.13. The third-order valence-electron chi connectivity index (χ3n) is 1.65. The first-order valence-corrected chi connectivity index (χ1v) is 7.84. The molecule has 0 aromatic heterocycles. The van der Waals surface area contributed by atoms with Gasteiger partial charge in [-0.25, -0.2) is 18.6 Å². The number of hydrogen-bond acceptors (Lipinski definition) is 5. The Hall–Kier alpha value is -0.580. The van der Waals surface area contributed by atoms with E-state index >= 15 is 0 Å². The van der Waals surface area contributed by atoms with Crippen LogP contribution in [0.25, 0.3) is 0 Å². The van der Waals surface area contributed by atoms with Crippen molar-refractivity contribution in [3.05, 3.63) is 0 Å². The van der Waals surface area contributed by atoms with Crippen LogP contribution in [-0.4, -0.2) is 73.5 Å². The number of nitrogens with zero attached hydrogens (tertiary/aromatic N) is 4. The van der Waals surface area contributed by atoms with Crippen LogP contribution in [0.5, 0.6) is 0 Å². The van der Waals surface area contributed by atoms with Crippen LogP contribution in [-0.2, 0) is 0 Å². The summed E-state index contributed by atoms with van der Waals surface area (Å²) in [7, 11) is 7.10. The molecule has 0 saturated heterocycles. The van der Waals surface area contributed by atoms with Crippen LogP contribution in [0.4, 0.5) is 0 Å². The molecule has 0 aliphatic heterocycles. The second-order valence-electron chi connectivity index (χ2n) is 4.19. The molecule has 0 unspecified atom stereocenters. The van der Waals surface area contributed by atoms with Gasteiger partial charge in [0.2, 0.25) is 0 Å². The van der Waals surface area contributed by atoms with Crippen molar-refractivity contribution in [3.63, 3.8) is 0 Å². The van der Waals surface area contributed by atoms with Gasteiger partial charge in [-0.2, -0.15) is 0 Å². The predicted molar refractivity (Wildman–Crippen MR) is 70.1 cm³/mol. The van der Waals surface area contributed by atoms with Crippen molar-refractivity contribution in [2.45, 2.75) is 6.92 Å². The standard InChI is InChI=1S/C10H23N4S.ClHO4/c1-8-15-10(14(6)7)11-9(12(2)3)13(4)5;2-1(3,4)5/h8H2,1-7H3;(H,2,3,4,5)/q+1;/p-1. The molecule has 0 heterocycles. The molecule has 8 nitrogen and oxygen atoms in total. The quantitative estimate of drug-likeness (QED) is 0.274. The number of rotatable bonds is 1. The maximum absolute atomic E-state index is 8.49. The van der Waals surface area contributed by atoms with Gasteiger partial charge in [-0.3, -0.25) is 4.58 Å². The number of guanidine groups is 1. The zero-order valence-electron chi connectivity index (χ0n) is 12.9. The number of halogens is 1. The molecule has 10 heteroatoms. The number of thioether (sulfide) groups is 1. The van der Waals surface area contributed by atoms with E-state index in [1.807, 2.05) is 56.7 Å². The van der Waals surface area contributed by atoms with Gasteiger partial charge < -0.3 is 9.80 Å². The van der Waals surface area contributed by atoms with E-state index in [0.717, 1.165) is 16.9 Å². The lowest BCUT2D eigenvalue weighted by atomic mass is 10.7. The van der Waals surface area contributed by atoms with Crippen molar-refractivity contribution in [2.75, 3.05) is 48.0 Å². The van der Waals surface area contributed by atoms with Gasteiger partial charge >= 0.3 is 11.1 Å². The summed E-state index contributed by atoms with van der Waals surface area (Å²) in [4.78, 5) is 8.67. The summed E-state index contributed by atoms with van der Waals surface area (Å²) in [5.41, 5.74) is 0. The van der Waals surface area contributed by atoms with Crippen molar-refractivity contribution < 1.29 is 33.5 Å². The SMILES string of the molecule is CCSC(N=C(N(C)C)N(C)C)=[N+](C)C.[O-][Cl+3]([O-])([O-])[O-]. The molecule has 0 fully saturated rings. The molecular weight excluding hydrogens is 308 g/mol. The highest BCUT2D eigenvalue weighted by Crippen LogP contribution is 2.05. The molecule has 0 aliphatic carbocycles. The van der Waals surface area contributed by atoms with Gasteiger partial charge in [-0.1, -0.05) is 6.92 Å². The Labute approximate surface area is 126 Å². The molecule has 0 rings (SSSR count). The largest absolute Gasteiger partial charge is 0.358 e. The first-order chi connectivity index (χ1) is 8.90. The summed E-state index contributed by atoms with van der Waals surface area (Å²) in [6.07, 6.45) is 0. The normalized spacial score (nSPS) is 10.2. The topological polar surface area (TPSA) is 114 Å². The van der Waals surface area contributed by atoms with E-state index in [0.29, 0.717) is 0 Å². The van der Waals surface area contributed by atoms with Crippen LogP contribution in [0, 0.1) is 10.2 Å². The van der Waals surface area contributed by atoms with E-state index in [4.69, 9.17) is 18.6 Å². The van der Waals surface area contributed by atoms with Crippen LogP contribution in [0.15, 0.2) is 4.99 Å². The maximum atomic E-state index is 8.49. The lowest BCUT2D eigenvalue weighted by Crippen LogP contribution is -2.68. The monoisotopic (exact) mass is 330 g/mol. The third-order valence-corrected chi connectivity index (χ3v) is 2.65. The van der Waals surface area contributed by atoms with Crippen molar-refractivity contribution >= 4 is 22.9 Å². The summed E-state index contributed by atoms with van der Waals surface area (Å²) < 4.78 is 36.0. The zero-order chi connectivity index (χ0) is 16.5. The molecule has 0 N–H and O–H groups in total. The van der Waals surface area contributed by atoms with Crippen molar-refractivity contribution in [1.82, 2.24) is 9.80 Å². The van der Waals surface area contributed by atoms with E-state index in [2.05, 4.69) is 11.9 Å². The molecule has 0 amide bonds. The third kappa shape index (κ3) is 13.8. The predicted octanol–water partition coefficient (Wildman–Crippen LogP) is -3.91. The van der Waals surface area contributed by atoms with E-state index in [1.165, 1.54) is 0 Å². The van der Waals surface area contributed by atoms with Gasteiger partial charge in [0.1, 0.15) is 0 Å². The lowest BCUT2D eigenvalue weighted by Gasteiger charge is -2.17. The second-order valence-corrected chi connectivity index (χ2v) is 6.18. The van der Waals surface area contributed by atoms with Crippen molar-refractivity contribution in [3.8, 4) is 0 Å². The van der Waals surface area contributed by atoms with Crippen LogP contribution < -0.4 is 18.6 Å². The fourth-order valence-electron chi connectivity index (χ4n) is 1.08. The molecule has 120 valence electrons. The van der Waals surface area contributed by atoms with Crippen molar-refractivity contribution in [2.24, 2.45) is 4.99 Å². The highest BCUT2D eigenvalue weighted by Gasteiger charge is 2.16. The van der Waals surface area contributed by atoms with Gasteiger partial charge in [-0.15, -0.1) is 10.2 Å². The molecule has 0 aromatic rings. The summed E-state index contributed by atoms with van der Waals surface area (Å²) in [5, 5.41) is 1.04. The minimum absolute atomic E-state index is 0.958. The average molecular weight is 331 g/mol. The number of aliphatic imine (C=N–C) groups is 1. The molecule has 0 aromatic carbocycles. The van der Waals surface area contributed by atoms with Gasteiger partial charge in [-0.05, 0) is 11.8 Å². The summed E-state index contributed by atoms with van der Waals surface area (Å²) in [5.74, 6) is 1.99. The molecule has 0 atom stereocenters. The summed E-state index contributed by atoms with van der Waals surface area (Å²) >= 11 is 1.75. The molecule has 0 saturated carbocycles. The van der Waals surface area contributed by atoms with E-state index in [1.54, 1.807) is 11.8 Å². The Balaban J connectivity index is 0. The minimum Gasteiger partial charge on any atom is -0.327 e. The van der Waals surface area contributed by atoms with Crippen LogP contribution >= 0.6 is 11.8 Å². The fraction of sp³-hybridized carbons (Fsp3) is 0.800. The number of hydrogen-bond donors (Lipinski definition) is 0. The Morgan fingerprint density at radius 1 is 1.05 bits per heavy atom. The summed E-state index contributed by atoms with van der Waals surface area (Å²) in [6, 6.07) is 0. The van der Waals surface area contributed by atoms with E-state index < -0.39 is 10.2 Å². The average Bonchev–Trinajstić information content (AvgIpc) is 2.19. The smallest absolute Gasteiger partial charge is 0.327 e. The molecule has 20 heavy (non-hydrogen) atoms. The molecule has 0 spiro atoms. The Morgan fingerprint density at radius 3 is 1.60 bits per heavy atom. The second kappa shape index (κ2) is 10.2.